The van der Waals surface area contributed by atoms with Crippen LogP contribution in [0.15, 0.2) is 22.8 Å². The number of nitrogens with one attached hydrogen (secondary N) is 2. The van der Waals surface area contributed by atoms with E-state index in [-0.39, 0.29) is 24.4 Å². The molecule has 1 aromatic heterocycles. The molecule has 0 unspecified atom stereocenters. The molecule has 0 radical (unpaired) electrons. The fraction of sp³-hybridized carbons (Fsp3) is 0.364. The quantitative estimate of drug-likeness (QED) is 0.751. The lowest BCUT2D eigenvalue weighted by Gasteiger charge is -2.13. The van der Waals surface area contributed by atoms with Gasteiger partial charge >= 0.3 is 0 Å². The summed E-state index contributed by atoms with van der Waals surface area (Å²) < 4.78 is 5.08. The van der Waals surface area contributed by atoms with Crippen molar-refractivity contribution in [1.29, 1.82) is 0 Å². The average Bonchev–Trinajstić information content (AvgIpc) is 2.92. The van der Waals surface area contributed by atoms with E-state index in [9.17, 15) is 9.59 Å². The molecule has 0 saturated carbocycles. The molecule has 18 heavy (non-hydrogen) atoms. The summed E-state index contributed by atoms with van der Waals surface area (Å²) >= 11 is 4.97. The van der Waals surface area contributed by atoms with Gasteiger partial charge in [-0.2, -0.15) is 0 Å². The van der Waals surface area contributed by atoms with Gasteiger partial charge in [0, 0.05) is 0 Å². The SMILES string of the molecule is C[C@@H]1NC(=S)N(CC(=O)NCc2ccco2)C1=O. The van der Waals surface area contributed by atoms with Gasteiger partial charge in [-0.15, -0.1) is 0 Å². The number of rotatable bonds is 4. The third-order valence-corrected chi connectivity index (χ3v) is 2.90. The monoisotopic (exact) mass is 267 g/mol. The Morgan fingerprint density at radius 3 is 3.00 bits per heavy atom. The Kier molecular flexibility index (Phi) is 3.61. The molecule has 2 rings (SSSR count). The van der Waals surface area contributed by atoms with Gasteiger partial charge in [0.05, 0.1) is 12.8 Å². The molecule has 1 saturated heterocycles. The van der Waals surface area contributed by atoms with Gasteiger partial charge in [0.15, 0.2) is 5.11 Å². The van der Waals surface area contributed by atoms with E-state index in [0.29, 0.717) is 17.4 Å². The standard InChI is InChI=1S/C11H13N3O3S/c1-7-10(16)14(11(18)13-7)6-9(15)12-5-8-3-2-4-17-8/h2-4,7H,5-6H2,1H3,(H,12,15)(H,13,18)/t7-/m0/s1. The molecular weight excluding hydrogens is 254 g/mol. The van der Waals surface area contributed by atoms with Gasteiger partial charge in [-0.1, -0.05) is 0 Å². The van der Waals surface area contributed by atoms with Crippen molar-refractivity contribution in [1.82, 2.24) is 15.5 Å². The van der Waals surface area contributed by atoms with Crippen molar-refractivity contribution in [3.05, 3.63) is 24.2 Å². The molecule has 0 aliphatic carbocycles. The number of amides is 2. The molecule has 0 spiro atoms. The van der Waals surface area contributed by atoms with E-state index in [1.807, 2.05) is 0 Å². The highest BCUT2D eigenvalue weighted by atomic mass is 32.1. The normalized spacial score (nSPS) is 18.9. The summed E-state index contributed by atoms with van der Waals surface area (Å²) in [5.41, 5.74) is 0. The van der Waals surface area contributed by atoms with E-state index in [1.54, 1.807) is 19.1 Å². The third kappa shape index (κ3) is 2.67. The Hall–Kier alpha value is -1.89. The summed E-state index contributed by atoms with van der Waals surface area (Å²) in [6.45, 7) is 1.93. The van der Waals surface area contributed by atoms with E-state index in [1.165, 1.54) is 11.2 Å². The van der Waals surface area contributed by atoms with Gasteiger partial charge in [0.25, 0.3) is 5.91 Å². The van der Waals surface area contributed by atoms with E-state index < -0.39 is 0 Å². The lowest BCUT2D eigenvalue weighted by Crippen LogP contribution is -2.40. The van der Waals surface area contributed by atoms with Gasteiger partial charge in [0.2, 0.25) is 5.91 Å². The second-order valence-corrected chi connectivity index (χ2v) is 4.34. The van der Waals surface area contributed by atoms with Gasteiger partial charge in [-0.3, -0.25) is 14.5 Å². The number of hydrogen-bond donors (Lipinski definition) is 2. The molecule has 2 heterocycles. The zero-order valence-electron chi connectivity index (χ0n) is 9.80. The Bertz CT molecular complexity index is 472. The van der Waals surface area contributed by atoms with Crippen LogP contribution < -0.4 is 10.6 Å². The molecule has 2 amide bonds. The molecule has 1 aromatic rings. The molecule has 1 aliphatic heterocycles. The predicted molar refractivity (Wildman–Crippen MR) is 67.5 cm³/mol. The van der Waals surface area contributed by atoms with E-state index in [4.69, 9.17) is 16.6 Å². The first-order valence-electron chi connectivity index (χ1n) is 5.49. The number of thiocarbonyl (C=S) groups is 1. The molecule has 6 nitrogen and oxygen atoms in total. The molecule has 1 aliphatic rings. The van der Waals surface area contributed by atoms with Crippen LogP contribution in [0.4, 0.5) is 0 Å². The average molecular weight is 267 g/mol. The highest BCUT2D eigenvalue weighted by Crippen LogP contribution is 2.05. The molecule has 7 heteroatoms. The maximum atomic E-state index is 11.7. The minimum absolute atomic E-state index is 0.0737. The summed E-state index contributed by atoms with van der Waals surface area (Å²) in [5, 5.41) is 5.75. The third-order valence-electron chi connectivity index (χ3n) is 2.56. The summed E-state index contributed by atoms with van der Waals surface area (Å²) in [7, 11) is 0. The Labute approximate surface area is 109 Å². The van der Waals surface area contributed by atoms with Gasteiger partial charge in [0.1, 0.15) is 18.3 Å². The molecule has 1 atom stereocenters. The van der Waals surface area contributed by atoms with Gasteiger partial charge in [-0.25, -0.2) is 0 Å². The van der Waals surface area contributed by atoms with Crippen molar-refractivity contribution in [3.8, 4) is 0 Å². The zero-order chi connectivity index (χ0) is 13.1. The van der Waals surface area contributed by atoms with Crippen molar-refractivity contribution < 1.29 is 14.0 Å². The van der Waals surface area contributed by atoms with Crippen molar-refractivity contribution in [3.63, 3.8) is 0 Å². The van der Waals surface area contributed by atoms with Crippen LogP contribution in [0.1, 0.15) is 12.7 Å². The summed E-state index contributed by atoms with van der Waals surface area (Å²) in [6.07, 6.45) is 1.53. The van der Waals surface area contributed by atoms with E-state index in [2.05, 4.69) is 10.6 Å². The van der Waals surface area contributed by atoms with Crippen molar-refractivity contribution in [2.24, 2.45) is 0 Å². The molecule has 1 fully saturated rings. The zero-order valence-corrected chi connectivity index (χ0v) is 10.6. The molecular formula is C11H13N3O3S. The molecule has 96 valence electrons. The second-order valence-electron chi connectivity index (χ2n) is 3.95. The van der Waals surface area contributed by atoms with Crippen LogP contribution in [0, 0.1) is 0 Å². The molecule has 0 bridgehead atoms. The minimum atomic E-state index is -0.365. The number of hydrogen-bond acceptors (Lipinski definition) is 4. The van der Waals surface area contributed by atoms with Crippen molar-refractivity contribution >= 4 is 29.1 Å². The fourth-order valence-electron chi connectivity index (χ4n) is 1.61. The Morgan fingerprint density at radius 1 is 1.67 bits per heavy atom. The first kappa shape index (κ1) is 12.6. The highest BCUT2D eigenvalue weighted by Gasteiger charge is 2.33. The molecule has 0 aromatic carbocycles. The largest absolute Gasteiger partial charge is 0.467 e. The smallest absolute Gasteiger partial charge is 0.251 e. The topological polar surface area (TPSA) is 74.6 Å². The first-order chi connectivity index (χ1) is 8.58. The summed E-state index contributed by atoms with van der Waals surface area (Å²) in [4.78, 5) is 24.6. The summed E-state index contributed by atoms with van der Waals surface area (Å²) in [5.74, 6) is 0.191. The van der Waals surface area contributed by atoms with Crippen LogP contribution in [-0.4, -0.2) is 34.4 Å². The number of furan rings is 1. The summed E-state index contributed by atoms with van der Waals surface area (Å²) in [6, 6.07) is 3.14. The minimum Gasteiger partial charge on any atom is -0.467 e. The van der Waals surface area contributed by atoms with Crippen LogP contribution in [0.2, 0.25) is 0 Å². The lowest BCUT2D eigenvalue weighted by molar-refractivity contribution is -0.131. The van der Waals surface area contributed by atoms with Gasteiger partial charge < -0.3 is 15.1 Å². The fourth-order valence-corrected chi connectivity index (χ4v) is 1.94. The highest BCUT2D eigenvalue weighted by molar-refractivity contribution is 7.80. The lowest BCUT2D eigenvalue weighted by atomic mass is 10.3. The Balaban J connectivity index is 1.84. The van der Waals surface area contributed by atoms with Crippen LogP contribution >= 0.6 is 12.2 Å². The molecule has 2 N–H and O–H groups in total. The van der Waals surface area contributed by atoms with Crippen LogP contribution in [-0.2, 0) is 16.1 Å². The number of nitrogens with zero attached hydrogens (tertiary/aromatic N) is 1. The first-order valence-corrected chi connectivity index (χ1v) is 5.89. The second kappa shape index (κ2) is 5.18. The van der Waals surface area contributed by atoms with Gasteiger partial charge in [-0.05, 0) is 31.3 Å². The van der Waals surface area contributed by atoms with Crippen molar-refractivity contribution in [2.45, 2.75) is 19.5 Å². The van der Waals surface area contributed by atoms with Crippen LogP contribution in [0.3, 0.4) is 0 Å². The number of carbonyl (C=O) groups is 2. The van der Waals surface area contributed by atoms with Crippen molar-refractivity contribution in [2.75, 3.05) is 6.54 Å². The van der Waals surface area contributed by atoms with E-state index >= 15 is 0 Å². The predicted octanol–water partition coefficient (Wildman–Crippen LogP) is 0.001000. The maximum absolute atomic E-state index is 11.7. The number of carbonyl (C=O) groups excluding carboxylic acids is 2. The van der Waals surface area contributed by atoms with E-state index in [0.717, 1.165) is 0 Å². The maximum Gasteiger partial charge on any atom is 0.251 e. The van der Waals surface area contributed by atoms with Crippen LogP contribution in [0.25, 0.3) is 0 Å². The van der Waals surface area contributed by atoms with Crippen LogP contribution in [0.5, 0.6) is 0 Å². The Morgan fingerprint density at radius 2 is 2.44 bits per heavy atom.